The summed E-state index contributed by atoms with van der Waals surface area (Å²) >= 11 is 3.60. The van der Waals surface area contributed by atoms with Crippen molar-refractivity contribution < 1.29 is 14.3 Å². The fraction of sp³-hybridized carbons (Fsp3) is 0.308. The van der Waals surface area contributed by atoms with Crippen LogP contribution in [-0.2, 0) is 16.1 Å². The highest BCUT2D eigenvalue weighted by Crippen LogP contribution is 2.33. The predicted octanol–water partition coefficient (Wildman–Crippen LogP) is 5.31. The zero-order valence-electron chi connectivity index (χ0n) is 18.7. The normalized spacial score (nSPS) is 11.9. The van der Waals surface area contributed by atoms with Gasteiger partial charge in [0.2, 0.25) is 5.91 Å². The number of nitrogens with zero attached hydrogens (tertiary/aromatic N) is 1. The van der Waals surface area contributed by atoms with Gasteiger partial charge in [0.15, 0.2) is 6.61 Å². The highest BCUT2D eigenvalue weighted by atomic mass is 79.9. The quantitative estimate of drug-likeness (QED) is 0.436. The van der Waals surface area contributed by atoms with E-state index in [1.54, 1.807) is 4.90 Å². The molecule has 0 aliphatic rings. The molecule has 3 aromatic rings. The van der Waals surface area contributed by atoms with Crippen molar-refractivity contribution in [3.63, 3.8) is 0 Å². The van der Waals surface area contributed by atoms with Gasteiger partial charge >= 0.3 is 0 Å². The van der Waals surface area contributed by atoms with Crippen molar-refractivity contribution in [2.45, 2.75) is 45.8 Å². The van der Waals surface area contributed by atoms with Crippen LogP contribution in [0.2, 0.25) is 0 Å². The summed E-state index contributed by atoms with van der Waals surface area (Å²) in [5.41, 5.74) is 0.962. The van der Waals surface area contributed by atoms with Gasteiger partial charge in [0.05, 0.1) is 4.47 Å². The number of hydrogen-bond acceptors (Lipinski definition) is 3. The molecule has 0 unspecified atom stereocenters. The van der Waals surface area contributed by atoms with Crippen LogP contribution in [0.4, 0.5) is 0 Å². The van der Waals surface area contributed by atoms with Crippen LogP contribution in [-0.4, -0.2) is 35.4 Å². The monoisotopic (exact) mass is 496 g/mol. The molecule has 3 aromatic carbocycles. The summed E-state index contributed by atoms with van der Waals surface area (Å²) in [4.78, 5) is 27.7. The van der Waals surface area contributed by atoms with Gasteiger partial charge in [-0.1, -0.05) is 67.6 Å². The highest BCUT2D eigenvalue weighted by molar-refractivity contribution is 9.10. The Morgan fingerprint density at radius 3 is 2.38 bits per heavy atom. The fourth-order valence-corrected chi connectivity index (χ4v) is 4.24. The molecule has 0 fully saturated rings. The van der Waals surface area contributed by atoms with Gasteiger partial charge in [0, 0.05) is 12.6 Å². The number of halogens is 1. The van der Waals surface area contributed by atoms with Crippen LogP contribution in [0.3, 0.4) is 0 Å². The van der Waals surface area contributed by atoms with Crippen LogP contribution in [0.5, 0.6) is 5.75 Å². The molecule has 0 radical (unpaired) electrons. The topological polar surface area (TPSA) is 58.6 Å². The van der Waals surface area contributed by atoms with E-state index in [0.29, 0.717) is 18.7 Å². The number of nitrogens with one attached hydrogen (secondary N) is 1. The van der Waals surface area contributed by atoms with Crippen molar-refractivity contribution in [3.05, 3.63) is 76.8 Å². The lowest BCUT2D eigenvalue weighted by Gasteiger charge is -2.31. The molecule has 0 saturated carbocycles. The molecule has 2 amide bonds. The van der Waals surface area contributed by atoms with Crippen molar-refractivity contribution in [2.75, 3.05) is 6.61 Å². The second-order valence-corrected chi connectivity index (χ2v) is 8.78. The Bertz CT molecular complexity index is 1070. The summed E-state index contributed by atoms with van der Waals surface area (Å²) in [7, 11) is 0. The lowest BCUT2D eigenvalue weighted by atomic mass is 10.1. The average molecular weight is 497 g/mol. The summed E-state index contributed by atoms with van der Waals surface area (Å²) in [6.45, 7) is 5.92. The van der Waals surface area contributed by atoms with Crippen molar-refractivity contribution in [1.29, 1.82) is 0 Å². The maximum Gasteiger partial charge on any atom is 0.261 e. The van der Waals surface area contributed by atoms with Gasteiger partial charge in [-0.15, -0.1) is 0 Å². The van der Waals surface area contributed by atoms with Gasteiger partial charge in [0.1, 0.15) is 11.8 Å². The Labute approximate surface area is 197 Å². The third-order valence-electron chi connectivity index (χ3n) is 5.19. The number of fused-ring (bicyclic) bond motifs is 1. The number of carbonyl (C=O) groups excluding carboxylic acids is 2. The van der Waals surface area contributed by atoms with Crippen LogP contribution in [0.15, 0.2) is 71.2 Å². The Morgan fingerprint density at radius 2 is 1.69 bits per heavy atom. The van der Waals surface area contributed by atoms with Gasteiger partial charge in [-0.2, -0.15) is 0 Å². The largest absolute Gasteiger partial charge is 0.483 e. The van der Waals surface area contributed by atoms with Gasteiger partial charge < -0.3 is 15.0 Å². The number of carbonyl (C=O) groups is 2. The Kier molecular flexibility index (Phi) is 8.28. The molecule has 0 heterocycles. The molecular formula is C26H29BrN2O3. The second kappa shape index (κ2) is 11.1. The molecule has 0 aliphatic heterocycles. The molecule has 6 heteroatoms. The van der Waals surface area contributed by atoms with Gasteiger partial charge in [-0.3, -0.25) is 9.59 Å². The fourth-order valence-electron chi connectivity index (χ4n) is 3.63. The smallest absolute Gasteiger partial charge is 0.261 e. The molecule has 3 rings (SSSR count). The number of rotatable bonds is 9. The first-order chi connectivity index (χ1) is 15.4. The number of amides is 2. The Morgan fingerprint density at radius 1 is 1.00 bits per heavy atom. The molecular weight excluding hydrogens is 468 g/mol. The van der Waals surface area contributed by atoms with E-state index in [1.165, 1.54) is 0 Å². The van der Waals surface area contributed by atoms with Crippen LogP contribution in [0.25, 0.3) is 10.8 Å². The summed E-state index contributed by atoms with van der Waals surface area (Å²) in [5.74, 6) is 0.203. The first kappa shape index (κ1) is 23.8. The molecule has 0 aromatic heterocycles. The lowest BCUT2D eigenvalue weighted by Crippen LogP contribution is -2.51. The van der Waals surface area contributed by atoms with Crippen molar-refractivity contribution in [3.8, 4) is 5.75 Å². The highest BCUT2D eigenvalue weighted by Gasteiger charge is 2.29. The van der Waals surface area contributed by atoms with Gasteiger partial charge in [0.25, 0.3) is 5.91 Å². The van der Waals surface area contributed by atoms with Crippen LogP contribution < -0.4 is 10.1 Å². The van der Waals surface area contributed by atoms with Crippen LogP contribution in [0.1, 0.15) is 32.8 Å². The molecule has 32 heavy (non-hydrogen) atoms. The zero-order chi connectivity index (χ0) is 23.1. The summed E-state index contributed by atoms with van der Waals surface area (Å²) < 4.78 is 6.72. The number of ether oxygens (including phenoxy) is 1. The Hall–Kier alpha value is -2.86. The predicted molar refractivity (Wildman–Crippen MR) is 131 cm³/mol. The van der Waals surface area contributed by atoms with E-state index in [4.69, 9.17) is 4.74 Å². The molecule has 0 spiro atoms. The maximum absolute atomic E-state index is 13.3. The van der Waals surface area contributed by atoms with E-state index in [9.17, 15) is 9.59 Å². The van der Waals surface area contributed by atoms with E-state index in [0.717, 1.165) is 20.8 Å². The molecule has 168 valence electrons. The minimum Gasteiger partial charge on any atom is -0.483 e. The van der Waals surface area contributed by atoms with Crippen molar-refractivity contribution in [1.82, 2.24) is 10.2 Å². The van der Waals surface area contributed by atoms with E-state index in [2.05, 4.69) is 21.2 Å². The second-order valence-electron chi connectivity index (χ2n) is 7.98. The molecule has 1 N–H and O–H groups in total. The van der Waals surface area contributed by atoms with Gasteiger partial charge in [-0.25, -0.2) is 0 Å². The number of benzene rings is 3. The maximum atomic E-state index is 13.3. The minimum atomic E-state index is -0.575. The van der Waals surface area contributed by atoms with E-state index >= 15 is 0 Å². The summed E-state index contributed by atoms with van der Waals surface area (Å²) in [6.07, 6.45) is 0.511. The van der Waals surface area contributed by atoms with Crippen LogP contribution >= 0.6 is 15.9 Å². The first-order valence-corrected chi connectivity index (χ1v) is 11.6. The minimum absolute atomic E-state index is 0.00460. The average Bonchev–Trinajstić information content (AvgIpc) is 2.78. The third-order valence-corrected chi connectivity index (χ3v) is 6.01. The number of hydrogen-bond donors (Lipinski definition) is 1. The standard InChI is InChI=1S/C26H29BrN2O3/c1-4-22(26(31)28-18(2)3)29(16-19-10-6-5-7-11-19)24(30)17-32-23-15-14-20-12-8-9-13-21(20)25(23)27/h5-15,18,22H,4,16-17H2,1-3H3,(H,28,31)/t22-/m0/s1. The first-order valence-electron chi connectivity index (χ1n) is 10.8. The van der Waals surface area contributed by atoms with Crippen molar-refractivity contribution in [2.24, 2.45) is 0 Å². The molecule has 1 atom stereocenters. The summed E-state index contributed by atoms with van der Waals surface area (Å²) in [5, 5.41) is 5.04. The molecule has 0 saturated heterocycles. The summed E-state index contributed by atoms with van der Waals surface area (Å²) in [6, 6.07) is 20.9. The molecule has 0 aliphatic carbocycles. The lowest BCUT2D eigenvalue weighted by molar-refractivity contribution is -0.143. The van der Waals surface area contributed by atoms with Crippen LogP contribution in [0, 0.1) is 0 Å². The van der Waals surface area contributed by atoms with E-state index in [1.807, 2.05) is 87.5 Å². The molecule has 5 nitrogen and oxygen atoms in total. The zero-order valence-corrected chi connectivity index (χ0v) is 20.3. The molecule has 0 bridgehead atoms. The Balaban J connectivity index is 1.81. The van der Waals surface area contributed by atoms with Crippen molar-refractivity contribution >= 4 is 38.5 Å². The van der Waals surface area contributed by atoms with E-state index < -0.39 is 6.04 Å². The SMILES string of the molecule is CC[C@@H](C(=O)NC(C)C)N(Cc1ccccc1)C(=O)COc1ccc2ccccc2c1Br. The third kappa shape index (κ3) is 5.88. The van der Waals surface area contributed by atoms with E-state index in [-0.39, 0.29) is 24.5 Å². The van der Waals surface area contributed by atoms with Gasteiger partial charge in [-0.05, 0) is 58.6 Å².